The average Bonchev–Trinajstić information content (AvgIpc) is 3.40. The smallest absolute Gasteiger partial charge is 0.325 e. The highest BCUT2D eigenvalue weighted by atomic mass is 32.1. The number of amides is 2. The minimum Gasteiger partial charge on any atom is -0.497 e. The third kappa shape index (κ3) is 5.56. The van der Waals surface area contributed by atoms with Crippen molar-refractivity contribution >= 4 is 39.9 Å². The van der Waals surface area contributed by atoms with Gasteiger partial charge in [0.05, 0.1) is 31.5 Å². The number of ether oxygens (including phenoxy) is 2. The quantitative estimate of drug-likeness (QED) is 0.477. The molecule has 1 aliphatic carbocycles. The molecule has 0 aliphatic heterocycles. The minimum absolute atomic E-state index is 0.0210. The van der Waals surface area contributed by atoms with Crippen LogP contribution in [-0.2, 0) is 16.0 Å². The predicted octanol–water partition coefficient (Wildman–Crippen LogP) is 4.27. The number of hydrogen-bond donors (Lipinski definition) is 2. The molecule has 1 heterocycles. The molecular formula is C21H25N3O5S. The Morgan fingerprint density at radius 3 is 2.67 bits per heavy atom. The Bertz CT molecular complexity index is 921. The number of Topliss-reactive ketones (excluding diaryl/α,β-unsaturated/α-hetero) is 1. The second-order valence-corrected chi connectivity index (χ2v) is 7.82. The molecule has 0 radical (unpaired) electrons. The van der Waals surface area contributed by atoms with Crippen LogP contribution in [0.3, 0.4) is 0 Å². The van der Waals surface area contributed by atoms with Gasteiger partial charge in [-0.25, -0.2) is 9.78 Å². The van der Waals surface area contributed by atoms with E-state index in [2.05, 4.69) is 15.6 Å². The van der Waals surface area contributed by atoms with Gasteiger partial charge in [-0.05, 0) is 38.0 Å². The first kappa shape index (κ1) is 21.8. The Kier molecular flexibility index (Phi) is 7.40. The van der Waals surface area contributed by atoms with E-state index in [1.807, 2.05) is 0 Å². The number of esters is 1. The van der Waals surface area contributed by atoms with Crippen LogP contribution in [0.25, 0.3) is 0 Å². The van der Waals surface area contributed by atoms with Crippen molar-refractivity contribution in [3.05, 3.63) is 34.8 Å². The summed E-state index contributed by atoms with van der Waals surface area (Å²) in [5.74, 6) is 0.190. The summed E-state index contributed by atoms with van der Waals surface area (Å²) in [6, 6.07) is 4.51. The number of ketones is 1. The highest BCUT2D eigenvalue weighted by Gasteiger charge is 2.26. The van der Waals surface area contributed by atoms with E-state index in [1.165, 1.54) is 18.4 Å². The van der Waals surface area contributed by atoms with Gasteiger partial charge in [-0.1, -0.05) is 12.8 Å². The summed E-state index contributed by atoms with van der Waals surface area (Å²) in [4.78, 5) is 41.2. The van der Waals surface area contributed by atoms with Gasteiger partial charge in [0, 0.05) is 16.9 Å². The lowest BCUT2D eigenvalue weighted by Crippen LogP contribution is -2.22. The van der Waals surface area contributed by atoms with E-state index in [0.29, 0.717) is 34.4 Å². The van der Waals surface area contributed by atoms with Crippen LogP contribution in [0.2, 0.25) is 0 Å². The lowest BCUT2D eigenvalue weighted by molar-refractivity contribution is -0.142. The lowest BCUT2D eigenvalue weighted by atomic mass is 9.95. The van der Waals surface area contributed by atoms with E-state index >= 15 is 0 Å². The van der Waals surface area contributed by atoms with E-state index in [4.69, 9.17) is 9.47 Å². The molecule has 1 saturated carbocycles. The van der Waals surface area contributed by atoms with Gasteiger partial charge in [0.2, 0.25) is 0 Å². The molecular weight excluding hydrogens is 406 g/mol. The van der Waals surface area contributed by atoms with Crippen LogP contribution in [0.1, 0.15) is 48.7 Å². The summed E-state index contributed by atoms with van der Waals surface area (Å²) in [5.41, 5.74) is 1.39. The Morgan fingerprint density at radius 1 is 1.20 bits per heavy atom. The number of aromatic nitrogens is 1. The highest BCUT2D eigenvalue weighted by molar-refractivity contribution is 7.14. The van der Waals surface area contributed by atoms with Gasteiger partial charge in [-0.2, -0.15) is 0 Å². The SMILES string of the molecule is CCOC(=O)Cc1csc(NC(=O)Nc2ccc(OC)cc2C(=O)C2CCCC2)n1. The normalized spacial score (nSPS) is 13.7. The molecule has 0 saturated heterocycles. The first-order valence-corrected chi connectivity index (χ1v) is 10.8. The number of nitrogens with one attached hydrogen (secondary N) is 2. The van der Waals surface area contributed by atoms with E-state index in [-0.39, 0.29) is 24.1 Å². The summed E-state index contributed by atoms with van der Waals surface area (Å²) in [6.07, 6.45) is 3.86. The number of nitrogens with zero attached hydrogens (tertiary/aromatic N) is 1. The van der Waals surface area contributed by atoms with Gasteiger partial charge in [0.1, 0.15) is 5.75 Å². The first-order valence-electron chi connectivity index (χ1n) is 9.90. The zero-order valence-corrected chi connectivity index (χ0v) is 17.8. The number of anilines is 2. The maximum Gasteiger partial charge on any atom is 0.325 e. The number of urea groups is 1. The number of methoxy groups -OCH3 is 1. The summed E-state index contributed by atoms with van der Waals surface area (Å²) in [5, 5.41) is 7.42. The highest BCUT2D eigenvalue weighted by Crippen LogP contribution is 2.32. The number of carbonyl (C=O) groups excluding carboxylic acids is 3. The fourth-order valence-electron chi connectivity index (χ4n) is 3.43. The third-order valence-corrected chi connectivity index (χ3v) is 5.68. The Hall–Kier alpha value is -2.94. The molecule has 1 aromatic heterocycles. The third-order valence-electron chi connectivity index (χ3n) is 4.87. The number of hydrogen-bond acceptors (Lipinski definition) is 7. The van der Waals surface area contributed by atoms with Crippen molar-refractivity contribution < 1.29 is 23.9 Å². The Labute approximate surface area is 179 Å². The molecule has 8 nitrogen and oxygen atoms in total. The molecule has 0 bridgehead atoms. The molecule has 1 aromatic carbocycles. The van der Waals surface area contributed by atoms with Crippen LogP contribution in [-0.4, -0.2) is 36.5 Å². The monoisotopic (exact) mass is 431 g/mol. The van der Waals surface area contributed by atoms with Crippen LogP contribution in [0.5, 0.6) is 5.75 Å². The Morgan fingerprint density at radius 2 is 1.97 bits per heavy atom. The maximum absolute atomic E-state index is 13.0. The van der Waals surface area contributed by atoms with Crippen molar-refractivity contribution in [2.24, 2.45) is 5.92 Å². The van der Waals surface area contributed by atoms with Gasteiger partial charge >= 0.3 is 12.0 Å². The average molecular weight is 432 g/mol. The summed E-state index contributed by atoms with van der Waals surface area (Å²) in [7, 11) is 1.54. The molecule has 0 spiro atoms. The van der Waals surface area contributed by atoms with Crippen molar-refractivity contribution in [1.82, 2.24) is 4.98 Å². The van der Waals surface area contributed by atoms with E-state index < -0.39 is 6.03 Å². The van der Waals surface area contributed by atoms with Crippen molar-refractivity contribution in [3.8, 4) is 5.75 Å². The predicted molar refractivity (Wildman–Crippen MR) is 114 cm³/mol. The van der Waals surface area contributed by atoms with Crippen LogP contribution >= 0.6 is 11.3 Å². The molecule has 0 unspecified atom stereocenters. The van der Waals surface area contributed by atoms with E-state index in [9.17, 15) is 14.4 Å². The molecule has 1 aliphatic rings. The van der Waals surface area contributed by atoms with Gasteiger partial charge in [-0.3, -0.25) is 14.9 Å². The number of thiazole rings is 1. The summed E-state index contributed by atoms with van der Waals surface area (Å²) in [6.45, 7) is 2.04. The molecule has 2 amide bonds. The van der Waals surface area contributed by atoms with Crippen molar-refractivity contribution in [3.63, 3.8) is 0 Å². The summed E-state index contributed by atoms with van der Waals surface area (Å²) >= 11 is 1.21. The van der Waals surface area contributed by atoms with Gasteiger partial charge < -0.3 is 14.8 Å². The van der Waals surface area contributed by atoms with Crippen LogP contribution in [0.4, 0.5) is 15.6 Å². The number of benzene rings is 1. The second-order valence-electron chi connectivity index (χ2n) is 6.96. The molecule has 3 rings (SSSR count). The minimum atomic E-state index is -0.516. The van der Waals surface area contributed by atoms with Crippen LogP contribution in [0.15, 0.2) is 23.6 Å². The van der Waals surface area contributed by atoms with Crippen molar-refractivity contribution in [1.29, 1.82) is 0 Å². The molecule has 2 N–H and O–H groups in total. The molecule has 160 valence electrons. The molecule has 1 fully saturated rings. The molecule has 2 aromatic rings. The molecule has 0 atom stereocenters. The van der Waals surface area contributed by atoms with Gasteiger partial charge in [-0.15, -0.1) is 11.3 Å². The zero-order chi connectivity index (χ0) is 21.5. The van der Waals surface area contributed by atoms with Crippen LogP contribution in [0, 0.1) is 5.92 Å². The molecule has 9 heteroatoms. The Balaban J connectivity index is 1.68. The van der Waals surface area contributed by atoms with Gasteiger partial charge in [0.15, 0.2) is 10.9 Å². The topological polar surface area (TPSA) is 107 Å². The second kappa shape index (κ2) is 10.2. The molecule has 30 heavy (non-hydrogen) atoms. The van der Waals surface area contributed by atoms with Crippen molar-refractivity contribution in [2.45, 2.75) is 39.0 Å². The van der Waals surface area contributed by atoms with Crippen LogP contribution < -0.4 is 15.4 Å². The zero-order valence-electron chi connectivity index (χ0n) is 17.0. The lowest BCUT2D eigenvalue weighted by Gasteiger charge is -2.15. The standard InChI is InChI=1S/C21H25N3O5S/c1-3-29-18(25)10-14-12-30-21(22-14)24-20(27)23-17-9-8-15(28-2)11-16(17)19(26)13-6-4-5-7-13/h8-9,11-13H,3-7,10H2,1-2H3,(H2,22,23,24,27). The number of carbonyl (C=O) groups is 3. The van der Waals surface area contributed by atoms with Gasteiger partial charge in [0.25, 0.3) is 0 Å². The summed E-state index contributed by atoms with van der Waals surface area (Å²) < 4.78 is 10.1. The van der Waals surface area contributed by atoms with Crippen molar-refractivity contribution in [2.75, 3.05) is 24.4 Å². The largest absolute Gasteiger partial charge is 0.497 e. The number of rotatable bonds is 8. The van der Waals surface area contributed by atoms with E-state index in [1.54, 1.807) is 30.5 Å². The first-order chi connectivity index (χ1) is 14.5. The fourth-order valence-corrected chi connectivity index (χ4v) is 4.13. The maximum atomic E-state index is 13.0. The van der Waals surface area contributed by atoms with E-state index in [0.717, 1.165) is 25.7 Å². The fraction of sp³-hybridized carbons (Fsp3) is 0.429.